The summed E-state index contributed by atoms with van der Waals surface area (Å²) in [5.74, 6) is -0.398. The van der Waals surface area contributed by atoms with E-state index in [9.17, 15) is 9.90 Å². The van der Waals surface area contributed by atoms with Crippen LogP contribution in [0.3, 0.4) is 0 Å². The Morgan fingerprint density at radius 1 is 1.10 bits per heavy atom. The Balaban J connectivity index is 1.63. The molecule has 0 radical (unpaired) electrons. The monoisotopic (exact) mass is 446 g/mol. The number of carbonyl (C=O) groups excluding carboxylic acids is 1. The van der Waals surface area contributed by atoms with Gasteiger partial charge in [-0.15, -0.1) is 0 Å². The van der Waals surface area contributed by atoms with E-state index < -0.39 is 0 Å². The van der Waals surface area contributed by atoms with E-state index in [4.69, 9.17) is 28.3 Å². The van der Waals surface area contributed by atoms with E-state index in [1.54, 1.807) is 0 Å². The summed E-state index contributed by atoms with van der Waals surface area (Å²) < 4.78 is 0. The zero-order chi connectivity index (χ0) is 21.3. The molecule has 8 heteroatoms. The number of para-hydroxylation sites is 1. The maximum absolute atomic E-state index is 13.1. The smallest absolute Gasteiger partial charge is 0.282 e. The van der Waals surface area contributed by atoms with E-state index >= 15 is 0 Å². The first-order chi connectivity index (χ1) is 14.4. The molecule has 2 aromatic rings. The lowest BCUT2D eigenvalue weighted by molar-refractivity contribution is -0.120. The lowest BCUT2D eigenvalue weighted by atomic mass is 9.91. The third-order valence-corrected chi connectivity index (χ3v) is 6.22. The molecule has 2 aliphatic rings. The van der Waals surface area contributed by atoms with Crippen LogP contribution in [0, 0.1) is 5.92 Å². The fourth-order valence-electron chi connectivity index (χ4n) is 3.99. The van der Waals surface area contributed by atoms with Crippen molar-refractivity contribution in [2.75, 3.05) is 18.1 Å². The lowest BCUT2D eigenvalue weighted by Gasteiger charge is -2.30. The molecular formula is C22H24Cl2N4O2. The van der Waals surface area contributed by atoms with Crippen molar-refractivity contribution in [3.05, 3.63) is 64.1 Å². The lowest BCUT2D eigenvalue weighted by Crippen LogP contribution is -2.50. The predicted molar refractivity (Wildman–Crippen MR) is 120 cm³/mol. The van der Waals surface area contributed by atoms with Crippen LogP contribution in [0.2, 0.25) is 10.0 Å². The van der Waals surface area contributed by atoms with Gasteiger partial charge in [-0.25, -0.2) is 5.01 Å². The standard InChI is InChI=1S/C22H24Cl2N4O2/c1-14-20(22(30)26-27-12-10-17(29)11-13-27)25-28(19-5-3-2-4-18(19)24)21(14)15-6-8-16(23)9-7-15/h2-9,14,17,21,29H,10-13H2,1H3,(H,26,30)/t14-,21+/m0/s1. The molecular weight excluding hydrogens is 423 g/mol. The summed E-state index contributed by atoms with van der Waals surface area (Å²) in [4.78, 5) is 13.1. The summed E-state index contributed by atoms with van der Waals surface area (Å²) in [5.41, 5.74) is 5.14. The van der Waals surface area contributed by atoms with E-state index in [1.165, 1.54) is 0 Å². The number of rotatable bonds is 4. The Hall–Kier alpha value is -2.12. The first-order valence-electron chi connectivity index (χ1n) is 10.1. The molecule has 1 saturated heterocycles. The van der Waals surface area contributed by atoms with Gasteiger partial charge in [0.1, 0.15) is 5.71 Å². The average Bonchev–Trinajstić information content (AvgIpc) is 3.08. The molecule has 0 aromatic heterocycles. The number of nitrogens with one attached hydrogen (secondary N) is 1. The number of piperidine rings is 1. The molecule has 2 heterocycles. The molecule has 1 fully saturated rings. The van der Waals surface area contributed by atoms with Crippen LogP contribution < -0.4 is 10.4 Å². The Kier molecular flexibility index (Phi) is 6.29. The average molecular weight is 447 g/mol. The Morgan fingerprint density at radius 3 is 2.43 bits per heavy atom. The van der Waals surface area contributed by atoms with Gasteiger partial charge in [-0.2, -0.15) is 5.10 Å². The van der Waals surface area contributed by atoms with Crippen LogP contribution in [0.25, 0.3) is 0 Å². The normalized spacial score (nSPS) is 22.8. The van der Waals surface area contributed by atoms with Gasteiger partial charge in [0.25, 0.3) is 5.91 Å². The molecule has 4 rings (SSSR count). The highest BCUT2D eigenvalue weighted by Crippen LogP contribution is 2.41. The first kappa shape index (κ1) is 21.1. The number of hydrazone groups is 1. The van der Waals surface area contributed by atoms with Crippen molar-refractivity contribution in [1.29, 1.82) is 0 Å². The van der Waals surface area contributed by atoms with Crippen LogP contribution in [0.15, 0.2) is 53.6 Å². The van der Waals surface area contributed by atoms with Gasteiger partial charge in [-0.1, -0.05) is 54.4 Å². The minimum absolute atomic E-state index is 0.169. The van der Waals surface area contributed by atoms with E-state index in [0.717, 1.165) is 11.3 Å². The van der Waals surface area contributed by atoms with Crippen LogP contribution in [0.4, 0.5) is 5.69 Å². The van der Waals surface area contributed by atoms with Crippen molar-refractivity contribution < 1.29 is 9.90 Å². The van der Waals surface area contributed by atoms with Crippen LogP contribution in [0.5, 0.6) is 0 Å². The number of carbonyl (C=O) groups is 1. The number of halogens is 2. The minimum Gasteiger partial charge on any atom is -0.393 e. The largest absolute Gasteiger partial charge is 0.393 e. The molecule has 0 spiro atoms. The van der Waals surface area contributed by atoms with Crippen molar-refractivity contribution in [3.63, 3.8) is 0 Å². The maximum Gasteiger partial charge on any atom is 0.282 e. The molecule has 0 unspecified atom stereocenters. The highest BCUT2D eigenvalue weighted by molar-refractivity contribution is 6.40. The van der Waals surface area contributed by atoms with E-state index in [1.807, 2.05) is 65.5 Å². The summed E-state index contributed by atoms with van der Waals surface area (Å²) in [6, 6.07) is 14.9. The number of anilines is 1. The van der Waals surface area contributed by atoms with Crippen LogP contribution >= 0.6 is 23.2 Å². The molecule has 2 N–H and O–H groups in total. The van der Waals surface area contributed by atoms with Gasteiger partial charge in [-0.05, 0) is 42.7 Å². The molecule has 2 aromatic carbocycles. The Morgan fingerprint density at radius 2 is 1.77 bits per heavy atom. The van der Waals surface area contributed by atoms with Gasteiger partial charge in [-0.3, -0.25) is 15.2 Å². The van der Waals surface area contributed by atoms with Crippen LogP contribution in [-0.4, -0.2) is 40.9 Å². The van der Waals surface area contributed by atoms with Crippen molar-refractivity contribution >= 4 is 40.5 Å². The molecule has 30 heavy (non-hydrogen) atoms. The zero-order valence-electron chi connectivity index (χ0n) is 16.6. The van der Waals surface area contributed by atoms with Crippen LogP contribution in [0.1, 0.15) is 31.4 Å². The van der Waals surface area contributed by atoms with Gasteiger partial charge in [0, 0.05) is 24.0 Å². The third-order valence-electron chi connectivity index (χ3n) is 5.65. The second kappa shape index (κ2) is 8.94. The van der Waals surface area contributed by atoms with E-state index in [0.29, 0.717) is 41.7 Å². The molecule has 0 aliphatic carbocycles. The molecule has 1 amide bonds. The number of hydrogen-bond acceptors (Lipinski definition) is 5. The quantitative estimate of drug-likeness (QED) is 0.743. The molecule has 0 saturated carbocycles. The molecule has 158 valence electrons. The van der Waals surface area contributed by atoms with Gasteiger partial charge in [0.2, 0.25) is 0 Å². The minimum atomic E-state index is -0.300. The number of benzene rings is 2. The third kappa shape index (κ3) is 4.32. The van der Waals surface area contributed by atoms with E-state index in [2.05, 4.69) is 5.43 Å². The number of aliphatic hydroxyl groups is 1. The second-order valence-electron chi connectivity index (χ2n) is 7.73. The van der Waals surface area contributed by atoms with Gasteiger partial charge < -0.3 is 5.11 Å². The van der Waals surface area contributed by atoms with Crippen molar-refractivity contribution in [2.24, 2.45) is 11.0 Å². The first-order valence-corrected chi connectivity index (χ1v) is 10.8. The topological polar surface area (TPSA) is 68.2 Å². The van der Waals surface area contributed by atoms with Crippen molar-refractivity contribution in [3.8, 4) is 0 Å². The number of amides is 1. The van der Waals surface area contributed by atoms with Gasteiger partial charge in [0.05, 0.1) is 22.9 Å². The molecule has 2 aliphatic heterocycles. The maximum atomic E-state index is 13.1. The molecule has 0 bridgehead atoms. The summed E-state index contributed by atoms with van der Waals surface area (Å²) >= 11 is 12.5. The highest BCUT2D eigenvalue weighted by Gasteiger charge is 2.40. The summed E-state index contributed by atoms with van der Waals surface area (Å²) in [6.07, 6.45) is 0.981. The Bertz CT molecular complexity index is 942. The Labute approximate surface area is 186 Å². The number of nitrogens with zero attached hydrogens (tertiary/aromatic N) is 3. The van der Waals surface area contributed by atoms with Crippen molar-refractivity contribution in [2.45, 2.75) is 31.9 Å². The van der Waals surface area contributed by atoms with Gasteiger partial charge >= 0.3 is 0 Å². The molecule has 2 atom stereocenters. The SMILES string of the molecule is C[C@H]1C(C(=O)NN2CCC(O)CC2)=NN(c2ccccc2Cl)[C@H]1c1ccc(Cl)cc1. The number of aliphatic hydroxyl groups excluding tert-OH is 1. The number of hydrogen-bond donors (Lipinski definition) is 2. The van der Waals surface area contributed by atoms with E-state index in [-0.39, 0.29) is 24.0 Å². The molecule has 6 nitrogen and oxygen atoms in total. The fraction of sp³-hybridized carbons (Fsp3) is 0.364. The van der Waals surface area contributed by atoms with Gasteiger partial charge in [0.15, 0.2) is 0 Å². The highest BCUT2D eigenvalue weighted by atomic mass is 35.5. The van der Waals surface area contributed by atoms with Crippen molar-refractivity contribution in [1.82, 2.24) is 10.4 Å². The number of hydrazine groups is 1. The summed E-state index contributed by atoms with van der Waals surface area (Å²) in [6.45, 7) is 3.22. The summed E-state index contributed by atoms with van der Waals surface area (Å²) in [7, 11) is 0. The predicted octanol–water partition coefficient (Wildman–Crippen LogP) is 4.03. The second-order valence-corrected chi connectivity index (χ2v) is 8.57. The zero-order valence-corrected chi connectivity index (χ0v) is 18.1. The fourth-order valence-corrected chi connectivity index (χ4v) is 4.34. The summed E-state index contributed by atoms with van der Waals surface area (Å²) in [5, 5.41) is 19.3. The van der Waals surface area contributed by atoms with Crippen LogP contribution in [-0.2, 0) is 4.79 Å².